The molecule has 0 saturated heterocycles. The lowest BCUT2D eigenvalue weighted by atomic mass is 10.1. The zero-order chi connectivity index (χ0) is 14.1. The van der Waals surface area contributed by atoms with E-state index in [9.17, 15) is 4.39 Å². The van der Waals surface area contributed by atoms with Gasteiger partial charge in [-0.05, 0) is 64.3 Å². The Morgan fingerprint density at radius 1 is 1.25 bits per heavy atom. The summed E-state index contributed by atoms with van der Waals surface area (Å²) >= 11 is 3.46. The second-order valence-electron chi connectivity index (χ2n) is 4.63. The highest BCUT2D eigenvalue weighted by atomic mass is 79.9. The Morgan fingerprint density at radius 3 is 2.90 bits per heavy atom. The average Bonchev–Trinajstić information content (AvgIpc) is 2.89. The Hall–Kier alpha value is -1.75. The molecule has 3 nitrogen and oxygen atoms in total. The van der Waals surface area contributed by atoms with Crippen LogP contribution < -0.4 is 14.8 Å². The lowest BCUT2D eigenvalue weighted by Gasteiger charge is -2.09. The number of hydrogen-bond acceptors (Lipinski definition) is 3. The van der Waals surface area contributed by atoms with Gasteiger partial charge in [-0.25, -0.2) is 4.39 Å². The van der Waals surface area contributed by atoms with Gasteiger partial charge < -0.3 is 14.8 Å². The highest BCUT2D eigenvalue weighted by Gasteiger charge is 2.17. The molecule has 1 aliphatic heterocycles. The predicted molar refractivity (Wildman–Crippen MR) is 78.7 cm³/mol. The van der Waals surface area contributed by atoms with Gasteiger partial charge in [-0.15, -0.1) is 0 Å². The van der Waals surface area contributed by atoms with Gasteiger partial charge in [-0.1, -0.05) is 0 Å². The van der Waals surface area contributed by atoms with E-state index in [1.54, 1.807) is 19.1 Å². The fourth-order valence-corrected chi connectivity index (χ4v) is 2.69. The summed E-state index contributed by atoms with van der Waals surface area (Å²) in [7, 11) is 0. The van der Waals surface area contributed by atoms with Gasteiger partial charge in [0, 0.05) is 12.2 Å². The SMILES string of the molecule is Cc1cc(NCc2cc(Br)c3c(c2)OCO3)ccc1F. The van der Waals surface area contributed by atoms with Crippen LogP contribution in [0.4, 0.5) is 10.1 Å². The van der Waals surface area contributed by atoms with E-state index in [4.69, 9.17) is 9.47 Å². The molecule has 0 amide bonds. The molecule has 0 saturated carbocycles. The van der Waals surface area contributed by atoms with Gasteiger partial charge in [0.05, 0.1) is 4.47 Å². The zero-order valence-corrected chi connectivity index (χ0v) is 12.5. The number of benzene rings is 2. The third-order valence-electron chi connectivity index (χ3n) is 3.14. The number of hydrogen-bond donors (Lipinski definition) is 1. The Labute approximate surface area is 124 Å². The summed E-state index contributed by atoms with van der Waals surface area (Å²) in [5, 5.41) is 3.26. The van der Waals surface area contributed by atoms with Crippen molar-refractivity contribution in [3.8, 4) is 11.5 Å². The van der Waals surface area contributed by atoms with Crippen LogP contribution in [-0.4, -0.2) is 6.79 Å². The molecule has 0 unspecified atom stereocenters. The molecular weight excluding hydrogens is 325 g/mol. The third kappa shape index (κ3) is 2.58. The van der Waals surface area contributed by atoms with Crippen LogP contribution in [-0.2, 0) is 6.54 Å². The second-order valence-corrected chi connectivity index (χ2v) is 5.48. The summed E-state index contributed by atoms with van der Waals surface area (Å²) in [4.78, 5) is 0. The number of aryl methyl sites for hydroxylation is 1. The minimum Gasteiger partial charge on any atom is -0.454 e. The Balaban J connectivity index is 1.75. The highest BCUT2D eigenvalue weighted by Crippen LogP contribution is 2.40. The van der Waals surface area contributed by atoms with Crippen LogP contribution in [0.2, 0.25) is 0 Å². The van der Waals surface area contributed by atoms with Crippen molar-refractivity contribution in [2.24, 2.45) is 0 Å². The molecule has 0 radical (unpaired) electrons. The largest absolute Gasteiger partial charge is 0.454 e. The lowest BCUT2D eigenvalue weighted by molar-refractivity contribution is 0.173. The zero-order valence-electron chi connectivity index (χ0n) is 10.9. The Morgan fingerprint density at radius 2 is 2.10 bits per heavy atom. The second kappa shape index (κ2) is 5.32. The van der Waals surface area contributed by atoms with E-state index in [2.05, 4.69) is 21.2 Å². The summed E-state index contributed by atoms with van der Waals surface area (Å²) < 4.78 is 24.8. The third-order valence-corrected chi connectivity index (χ3v) is 3.73. The van der Waals surface area contributed by atoms with Gasteiger partial charge >= 0.3 is 0 Å². The van der Waals surface area contributed by atoms with Gasteiger partial charge in [0.25, 0.3) is 0 Å². The fourth-order valence-electron chi connectivity index (χ4n) is 2.08. The first-order chi connectivity index (χ1) is 9.63. The fraction of sp³-hybridized carbons (Fsp3) is 0.200. The minimum absolute atomic E-state index is 0.193. The number of fused-ring (bicyclic) bond motifs is 1. The molecule has 20 heavy (non-hydrogen) atoms. The first-order valence-corrected chi connectivity index (χ1v) is 7.01. The molecule has 0 fully saturated rings. The molecule has 2 aromatic carbocycles. The molecule has 0 aliphatic carbocycles. The molecule has 104 valence electrons. The van der Waals surface area contributed by atoms with Crippen LogP contribution in [0.1, 0.15) is 11.1 Å². The standard InChI is InChI=1S/C15H13BrFNO2/c1-9-4-11(2-3-13(9)17)18-7-10-5-12(16)15-14(6-10)19-8-20-15/h2-6,18H,7-8H2,1H3. The van der Waals surface area contributed by atoms with Crippen molar-refractivity contribution < 1.29 is 13.9 Å². The molecule has 3 rings (SSSR count). The normalized spacial score (nSPS) is 12.6. The highest BCUT2D eigenvalue weighted by molar-refractivity contribution is 9.10. The van der Waals surface area contributed by atoms with Crippen LogP contribution in [0.15, 0.2) is 34.8 Å². The summed E-state index contributed by atoms with van der Waals surface area (Å²) in [6, 6.07) is 8.91. The molecule has 1 aliphatic rings. The first kappa shape index (κ1) is 13.2. The number of halogens is 2. The van der Waals surface area contributed by atoms with Crippen LogP contribution in [0, 0.1) is 12.7 Å². The van der Waals surface area contributed by atoms with Gasteiger partial charge in [-0.2, -0.15) is 0 Å². The Bertz CT molecular complexity index is 661. The molecule has 0 aromatic heterocycles. The van der Waals surface area contributed by atoms with E-state index < -0.39 is 0 Å². The van der Waals surface area contributed by atoms with E-state index >= 15 is 0 Å². The summed E-state index contributed by atoms with van der Waals surface area (Å²) in [5.74, 6) is 1.29. The number of anilines is 1. The molecule has 0 bridgehead atoms. The van der Waals surface area contributed by atoms with Crippen molar-refractivity contribution in [2.75, 3.05) is 12.1 Å². The van der Waals surface area contributed by atoms with Crippen LogP contribution >= 0.6 is 15.9 Å². The number of nitrogens with one attached hydrogen (secondary N) is 1. The molecule has 1 N–H and O–H groups in total. The van der Waals surface area contributed by atoms with Crippen molar-refractivity contribution in [2.45, 2.75) is 13.5 Å². The maximum atomic E-state index is 13.2. The van der Waals surface area contributed by atoms with Crippen molar-refractivity contribution >= 4 is 21.6 Å². The first-order valence-electron chi connectivity index (χ1n) is 6.21. The minimum atomic E-state index is -0.193. The van der Waals surface area contributed by atoms with E-state index in [0.717, 1.165) is 27.2 Å². The van der Waals surface area contributed by atoms with Crippen molar-refractivity contribution in [1.29, 1.82) is 0 Å². The van der Waals surface area contributed by atoms with Crippen molar-refractivity contribution in [3.05, 3.63) is 51.7 Å². The van der Waals surface area contributed by atoms with Crippen molar-refractivity contribution in [3.63, 3.8) is 0 Å². The summed E-state index contributed by atoms with van der Waals surface area (Å²) in [6.07, 6.45) is 0. The number of rotatable bonds is 3. The number of ether oxygens (including phenoxy) is 2. The average molecular weight is 338 g/mol. The smallest absolute Gasteiger partial charge is 0.231 e. The van der Waals surface area contributed by atoms with Gasteiger partial charge in [-0.3, -0.25) is 0 Å². The molecule has 1 heterocycles. The molecule has 5 heteroatoms. The predicted octanol–water partition coefficient (Wildman–Crippen LogP) is 4.24. The summed E-state index contributed by atoms with van der Waals surface area (Å²) in [5.41, 5.74) is 2.57. The maximum Gasteiger partial charge on any atom is 0.231 e. The maximum absolute atomic E-state index is 13.2. The molecule has 0 atom stereocenters. The summed E-state index contributed by atoms with van der Waals surface area (Å²) in [6.45, 7) is 2.62. The lowest BCUT2D eigenvalue weighted by Crippen LogP contribution is -2.00. The Kier molecular flexibility index (Phi) is 3.53. The molecule has 2 aromatic rings. The van der Waals surface area contributed by atoms with Gasteiger partial charge in [0.15, 0.2) is 11.5 Å². The van der Waals surface area contributed by atoms with E-state index in [1.165, 1.54) is 6.07 Å². The van der Waals surface area contributed by atoms with E-state index in [0.29, 0.717) is 12.1 Å². The topological polar surface area (TPSA) is 30.5 Å². The van der Waals surface area contributed by atoms with Crippen molar-refractivity contribution in [1.82, 2.24) is 0 Å². The monoisotopic (exact) mass is 337 g/mol. The van der Waals surface area contributed by atoms with E-state index in [-0.39, 0.29) is 12.6 Å². The molecular formula is C15H13BrFNO2. The molecule has 0 spiro atoms. The van der Waals surface area contributed by atoms with Crippen LogP contribution in [0.3, 0.4) is 0 Å². The van der Waals surface area contributed by atoms with Crippen LogP contribution in [0.25, 0.3) is 0 Å². The van der Waals surface area contributed by atoms with Gasteiger partial charge in [0.1, 0.15) is 5.82 Å². The van der Waals surface area contributed by atoms with Gasteiger partial charge in [0.2, 0.25) is 6.79 Å². The quantitative estimate of drug-likeness (QED) is 0.908. The van der Waals surface area contributed by atoms with E-state index in [1.807, 2.05) is 12.1 Å². The van der Waals surface area contributed by atoms with Crippen LogP contribution in [0.5, 0.6) is 11.5 Å².